The van der Waals surface area contributed by atoms with Crippen molar-refractivity contribution in [3.05, 3.63) is 53.8 Å². The van der Waals surface area contributed by atoms with E-state index < -0.39 is 17.1 Å². The largest absolute Gasteiger partial charge is 0.490 e. The number of rotatable bonds is 2. The number of nitrogens with zero attached hydrogens (tertiary/aromatic N) is 1. The molecule has 0 saturated carbocycles. The first kappa shape index (κ1) is 17.0. The van der Waals surface area contributed by atoms with Crippen LogP contribution in [-0.2, 0) is 4.79 Å². The van der Waals surface area contributed by atoms with Gasteiger partial charge in [-0.05, 0) is 44.2 Å². The fraction of sp³-hybridized carbons (Fsp3) is 0.263. The van der Waals surface area contributed by atoms with Crippen molar-refractivity contribution in [3.63, 3.8) is 0 Å². The molecule has 1 aliphatic rings. The Morgan fingerprint density at radius 2 is 1.96 bits per heavy atom. The molecule has 0 aromatic heterocycles. The lowest BCUT2D eigenvalue weighted by Gasteiger charge is -2.24. The average Bonchev–Trinajstić information content (AvgIpc) is 2.66. The topological polar surface area (TPSA) is 58.6 Å². The minimum atomic E-state index is -0.648. The summed E-state index contributed by atoms with van der Waals surface area (Å²) in [6.45, 7) is 3.90. The Hall–Kier alpha value is -2.89. The second kappa shape index (κ2) is 6.20. The second-order valence-electron chi connectivity index (χ2n) is 6.65. The number of amides is 2. The van der Waals surface area contributed by atoms with Crippen LogP contribution in [0.2, 0.25) is 0 Å². The highest BCUT2D eigenvalue weighted by atomic mass is 19.1. The zero-order valence-electron chi connectivity index (χ0n) is 14.3. The average molecular weight is 342 g/mol. The monoisotopic (exact) mass is 342 g/mol. The van der Waals surface area contributed by atoms with Crippen LogP contribution in [0.25, 0.3) is 0 Å². The molecule has 0 aliphatic carbocycles. The zero-order valence-corrected chi connectivity index (χ0v) is 14.3. The molecule has 0 spiro atoms. The summed E-state index contributed by atoms with van der Waals surface area (Å²) in [7, 11) is 1.67. The van der Waals surface area contributed by atoms with E-state index in [0.29, 0.717) is 17.1 Å². The highest BCUT2D eigenvalue weighted by Gasteiger charge is 2.36. The predicted molar refractivity (Wildman–Crippen MR) is 93.5 cm³/mol. The molecule has 1 aliphatic heterocycles. The van der Waals surface area contributed by atoms with E-state index in [-0.39, 0.29) is 18.1 Å². The first-order valence-electron chi connectivity index (χ1n) is 7.90. The smallest absolute Gasteiger partial charge is 0.258 e. The molecule has 25 heavy (non-hydrogen) atoms. The van der Waals surface area contributed by atoms with Crippen LogP contribution in [-0.4, -0.2) is 25.5 Å². The van der Waals surface area contributed by atoms with Gasteiger partial charge in [0.2, 0.25) is 5.91 Å². The third-order valence-corrected chi connectivity index (χ3v) is 4.17. The number of nitrogens with one attached hydrogen (secondary N) is 1. The normalized spacial score (nSPS) is 15.8. The molecule has 2 amide bonds. The van der Waals surface area contributed by atoms with Crippen molar-refractivity contribution in [1.82, 2.24) is 0 Å². The molecule has 6 heteroatoms. The molecule has 5 nitrogen and oxygen atoms in total. The molecule has 0 radical (unpaired) electrons. The fourth-order valence-electron chi connectivity index (χ4n) is 2.71. The van der Waals surface area contributed by atoms with Crippen LogP contribution >= 0.6 is 0 Å². The van der Waals surface area contributed by atoms with Gasteiger partial charge in [-0.25, -0.2) is 4.39 Å². The van der Waals surface area contributed by atoms with E-state index in [1.807, 2.05) is 13.8 Å². The van der Waals surface area contributed by atoms with E-state index in [2.05, 4.69) is 5.32 Å². The third kappa shape index (κ3) is 3.20. The van der Waals surface area contributed by atoms with Crippen molar-refractivity contribution in [2.24, 2.45) is 5.41 Å². The summed E-state index contributed by atoms with van der Waals surface area (Å²) in [6, 6.07) is 10.8. The minimum Gasteiger partial charge on any atom is -0.490 e. The Balaban J connectivity index is 1.89. The number of hydrogen-bond donors (Lipinski definition) is 1. The van der Waals surface area contributed by atoms with Crippen LogP contribution in [0, 0.1) is 11.2 Å². The number of ether oxygens (including phenoxy) is 1. The molecular weight excluding hydrogens is 323 g/mol. The summed E-state index contributed by atoms with van der Waals surface area (Å²) in [4.78, 5) is 26.3. The minimum absolute atomic E-state index is 0.0424. The Morgan fingerprint density at radius 1 is 1.24 bits per heavy atom. The standard InChI is InChI=1S/C19H19FN2O3/c1-19(2)11-25-16-9-8-12(10-15(16)22(3)18(19)24)21-17(23)13-6-4-5-7-14(13)20/h4-10H,11H2,1-3H3,(H,21,23). The Bertz CT molecular complexity index is 848. The van der Waals surface area contributed by atoms with Crippen LogP contribution in [0.1, 0.15) is 24.2 Å². The summed E-state index contributed by atoms with van der Waals surface area (Å²) in [5, 5.41) is 2.65. The highest BCUT2D eigenvalue weighted by Crippen LogP contribution is 2.37. The van der Waals surface area contributed by atoms with E-state index >= 15 is 0 Å². The maximum Gasteiger partial charge on any atom is 0.258 e. The summed E-state index contributed by atoms with van der Waals surface area (Å²) < 4.78 is 19.5. The lowest BCUT2D eigenvalue weighted by molar-refractivity contribution is -0.127. The first-order valence-corrected chi connectivity index (χ1v) is 7.90. The van der Waals surface area contributed by atoms with E-state index in [1.165, 1.54) is 23.1 Å². The maximum atomic E-state index is 13.7. The van der Waals surface area contributed by atoms with E-state index in [9.17, 15) is 14.0 Å². The van der Waals surface area contributed by atoms with Crippen molar-refractivity contribution in [2.45, 2.75) is 13.8 Å². The van der Waals surface area contributed by atoms with Gasteiger partial charge in [0, 0.05) is 12.7 Å². The fourth-order valence-corrected chi connectivity index (χ4v) is 2.71. The molecular formula is C19H19FN2O3. The molecule has 3 rings (SSSR count). The van der Waals surface area contributed by atoms with Crippen molar-refractivity contribution >= 4 is 23.2 Å². The van der Waals surface area contributed by atoms with Crippen molar-refractivity contribution in [3.8, 4) is 5.75 Å². The van der Waals surface area contributed by atoms with Gasteiger partial charge >= 0.3 is 0 Å². The number of anilines is 2. The molecule has 0 fully saturated rings. The molecule has 2 aromatic rings. The van der Waals surface area contributed by atoms with Crippen molar-refractivity contribution in [1.29, 1.82) is 0 Å². The van der Waals surface area contributed by atoms with Gasteiger partial charge in [-0.2, -0.15) is 0 Å². The van der Waals surface area contributed by atoms with Gasteiger partial charge in [-0.15, -0.1) is 0 Å². The van der Waals surface area contributed by atoms with Gasteiger partial charge in [-0.1, -0.05) is 12.1 Å². The molecule has 1 heterocycles. The van der Waals surface area contributed by atoms with Gasteiger partial charge in [0.05, 0.1) is 16.7 Å². The van der Waals surface area contributed by atoms with Crippen LogP contribution in [0.3, 0.4) is 0 Å². The number of fused-ring (bicyclic) bond motifs is 1. The molecule has 0 atom stereocenters. The van der Waals surface area contributed by atoms with E-state index in [0.717, 1.165) is 0 Å². The van der Waals surface area contributed by atoms with Gasteiger partial charge in [0.15, 0.2) is 0 Å². The Kier molecular flexibility index (Phi) is 4.20. The van der Waals surface area contributed by atoms with Gasteiger partial charge in [0.25, 0.3) is 5.91 Å². The quantitative estimate of drug-likeness (QED) is 0.909. The number of carbonyl (C=O) groups is 2. The number of hydrogen-bond acceptors (Lipinski definition) is 3. The highest BCUT2D eigenvalue weighted by molar-refractivity contribution is 6.05. The Labute approximate surface area is 145 Å². The van der Waals surface area contributed by atoms with Crippen LogP contribution < -0.4 is 15.0 Å². The summed E-state index contributed by atoms with van der Waals surface area (Å²) in [5.41, 5.74) is 0.320. The van der Waals surface area contributed by atoms with E-state index in [4.69, 9.17) is 4.74 Å². The second-order valence-corrected chi connectivity index (χ2v) is 6.65. The van der Waals surface area contributed by atoms with E-state index in [1.54, 1.807) is 31.3 Å². The van der Waals surface area contributed by atoms with Crippen LogP contribution in [0.4, 0.5) is 15.8 Å². The molecule has 2 aromatic carbocycles. The number of halogens is 1. The van der Waals surface area contributed by atoms with Gasteiger partial charge in [-0.3, -0.25) is 9.59 Å². The first-order chi connectivity index (χ1) is 11.8. The van der Waals surface area contributed by atoms with Crippen molar-refractivity contribution in [2.75, 3.05) is 23.9 Å². The third-order valence-electron chi connectivity index (χ3n) is 4.17. The summed E-state index contributed by atoms with van der Waals surface area (Å²) >= 11 is 0. The number of benzene rings is 2. The van der Waals surface area contributed by atoms with Gasteiger partial charge < -0.3 is 15.0 Å². The molecule has 0 unspecified atom stereocenters. The van der Waals surface area contributed by atoms with Gasteiger partial charge in [0.1, 0.15) is 18.2 Å². The lowest BCUT2D eigenvalue weighted by atomic mass is 9.93. The zero-order chi connectivity index (χ0) is 18.2. The van der Waals surface area contributed by atoms with Crippen LogP contribution in [0.5, 0.6) is 5.75 Å². The Morgan fingerprint density at radius 3 is 2.68 bits per heavy atom. The molecule has 1 N–H and O–H groups in total. The molecule has 130 valence electrons. The molecule has 0 saturated heterocycles. The van der Waals surface area contributed by atoms with Crippen LogP contribution in [0.15, 0.2) is 42.5 Å². The van der Waals surface area contributed by atoms with Crippen molar-refractivity contribution < 1.29 is 18.7 Å². The molecule has 0 bridgehead atoms. The lowest BCUT2D eigenvalue weighted by Crippen LogP contribution is -2.39. The maximum absolute atomic E-state index is 13.7. The summed E-state index contributed by atoms with van der Waals surface area (Å²) in [5.74, 6) is -0.664. The summed E-state index contributed by atoms with van der Waals surface area (Å²) in [6.07, 6.45) is 0. The number of carbonyl (C=O) groups excluding carboxylic acids is 2. The SMILES string of the molecule is CN1C(=O)C(C)(C)COc2ccc(NC(=O)c3ccccc3F)cc21. The predicted octanol–water partition coefficient (Wildman–Crippen LogP) is 3.46.